The zero-order valence-electron chi connectivity index (χ0n) is 52.5. The minimum Gasteiger partial charge on any atom is -0.491 e. The molecule has 556 valence electrons. The van der Waals surface area contributed by atoms with E-state index in [9.17, 15) is 87.8 Å². The highest BCUT2D eigenvalue weighted by atomic mass is 32.2. The highest BCUT2D eigenvalue weighted by molar-refractivity contribution is 7.86. The lowest BCUT2D eigenvalue weighted by Gasteiger charge is -2.16. The molecule has 10 N–H and O–H groups in total. The van der Waals surface area contributed by atoms with Crippen LogP contribution in [-0.4, -0.2) is 139 Å². The molecule has 0 saturated heterocycles. The maximum atomic E-state index is 12.2. The molecule has 0 fully saturated rings. The van der Waals surface area contributed by atoms with E-state index in [1.165, 1.54) is 36.4 Å². The molecule has 0 aliphatic rings. The van der Waals surface area contributed by atoms with E-state index in [-0.39, 0.29) is 47.2 Å². The second kappa shape index (κ2) is 43.9. The largest absolute Gasteiger partial charge is 0.522 e. The average Bonchev–Trinajstić information content (AvgIpc) is 0.865. The molecule has 4 rings (SSSR count). The number of aryl methyl sites for hydroxylation is 6. The highest BCUT2D eigenvalue weighted by Crippen LogP contribution is 2.35. The van der Waals surface area contributed by atoms with Crippen LogP contribution < -0.4 is 60.8 Å². The molecule has 0 saturated carbocycles. The molecule has 96 heavy (non-hydrogen) atoms. The fourth-order valence-corrected chi connectivity index (χ4v) is 5.99. The number of nitrogens with two attached hydrogens (primary N) is 4. The maximum Gasteiger partial charge on any atom is 0.522 e. The number of ether oxygens (including phenoxy) is 8. The standard InChI is InChI=1S/4C12H17F2NO2.2C2HF3O.2CHF3O3S/c2*1-7-4-10(17-12(13)14)5-8(2)11(7)16-6-9(3)15;2*1-7-4-5-10(17-12(13)14)9(3)11(7)16-6-8(2)15;2*3-2(4,5)1-6;2*2-1(3,4)8(5,6)7/h2*4-5,9,12H,6,15H2,1-3H3;2*4-5,8,12H,6,15H2,1-3H3;2*1H;2*(H,5,6,7). The molecule has 4 atom stereocenters. The first-order valence-electron chi connectivity index (χ1n) is 26.1. The summed E-state index contributed by atoms with van der Waals surface area (Å²) in [4.78, 5) is 17.4. The summed E-state index contributed by atoms with van der Waals surface area (Å²) < 4.78 is 314. The van der Waals surface area contributed by atoms with Crippen LogP contribution >= 0.6 is 0 Å². The predicted octanol–water partition coefficient (Wildman–Crippen LogP) is 12.8. The van der Waals surface area contributed by atoms with Crippen molar-refractivity contribution in [1.29, 1.82) is 0 Å². The van der Waals surface area contributed by atoms with Crippen molar-refractivity contribution in [3.8, 4) is 46.0 Å². The van der Waals surface area contributed by atoms with E-state index in [2.05, 4.69) is 18.9 Å². The molecule has 0 bridgehead atoms. The Morgan fingerprint density at radius 2 is 0.573 bits per heavy atom. The van der Waals surface area contributed by atoms with E-state index < -0.39 is 82.6 Å². The smallest absolute Gasteiger partial charge is 0.491 e. The van der Waals surface area contributed by atoms with E-state index >= 15 is 0 Å². The van der Waals surface area contributed by atoms with Gasteiger partial charge in [-0.05, 0) is 153 Å². The molecule has 0 aliphatic heterocycles. The Hall–Kier alpha value is -7.12. The first-order valence-corrected chi connectivity index (χ1v) is 29.0. The number of halogens is 20. The molecular weight excluding hydrogens is 1400 g/mol. The van der Waals surface area contributed by atoms with Crippen LogP contribution in [0.1, 0.15) is 72.2 Å². The van der Waals surface area contributed by atoms with Crippen molar-refractivity contribution in [1.82, 2.24) is 0 Å². The lowest BCUT2D eigenvalue weighted by Crippen LogP contribution is -2.24. The third-order valence-corrected chi connectivity index (χ3v) is 10.8. The fourth-order valence-electron chi connectivity index (χ4n) is 5.99. The van der Waals surface area contributed by atoms with E-state index in [0.717, 1.165) is 33.4 Å². The molecule has 20 nitrogen and oxygen atoms in total. The van der Waals surface area contributed by atoms with Crippen LogP contribution in [0.15, 0.2) is 48.5 Å². The number of carbonyl (C=O) groups is 2. The van der Waals surface area contributed by atoms with Crippen molar-refractivity contribution in [2.24, 2.45) is 22.9 Å². The monoisotopic (exact) mass is 1480 g/mol. The molecule has 0 heterocycles. The summed E-state index contributed by atoms with van der Waals surface area (Å²) in [5.41, 5.74) is 17.1. The topological polar surface area (TPSA) is 321 Å². The second-order valence-corrected chi connectivity index (χ2v) is 22.1. The lowest BCUT2D eigenvalue weighted by molar-refractivity contribution is -0.156. The summed E-state index contributed by atoms with van der Waals surface area (Å²) in [6.45, 7) is 11.6. The number of benzene rings is 4. The molecular formula is C54H72F20N4O16S2. The van der Waals surface area contributed by atoms with Crippen molar-refractivity contribution in [2.45, 2.75) is 157 Å². The van der Waals surface area contributed by atoms with Gasteiger partial charge in [0, 0.05) is 35.3 Å². The normalized spacial score (nSPS) is 12.7. The van der Waals surface area contributed by atoms with Crippen LogP contribution in [0.25, 0.3) is 0 Å². The minimum atomic E-state index is -5.84. The molecule has 0 aromatic heterocycles. The Labute approximate surface area is 538 Å². The van der Waals surface area contributed by atoms with Gasteiger partial charge in [-0.25, -0.2) is 0 Å². The first-order chi connectivity index (χ1) is 43.2. The summed E-state index contributed by atoms with van der Waals surface area (Å²) in [6, 6.07) is 12.1. The van der Waals surface area contributed by atoms with Crippen LogP contribution in [-0.2, 0) is 29.8 Å². The van der Waals surface area contributed by atoms with E-state index in [1.54, 1.807) is 53.7 Å². The number of aldehydes is 2. The van der Waals surface area contributed by atoms with Gasteiger partial charge in [0.05, 0.1) is 0 Å². The summed E-state index contributed by atoms with van der Waals surface area (Å²) in [7, 11) is -11.7. The van der Waals surface area contributed by atoms with Gasteiger partial charge in [0.2, 0.25) is 12.6 Å². The van der Waals surface area contributed by atoms with Gasteiger partial charge in [-0.1, -0.05) is 12.1 Å². The van der Waals surface area contributed by atoms with Gasteiger partial charge >= 0.3 is 70.1 Å². The minimum absolute atomic E-state index is 0.0780. The number of carbonyl (C=O) groups excluding carboxylic acids is 2. The van der Waals surface area contributed by atoms with Crippen molar-refractivity contribution >= 4 is 32.8 Å². The van der Waals surface area contributed by atoms with Gasteiger partial charge in [0.15, 0.2) is 0 Å². The zero-order valence-corrected chi connectivity index (χ0v) is 54.1. The molecule has 4 aromatic carbocycles. The van der Waals surface area contributed by atoms with Crippen LogP contribution in [0, 0.1) is 55.4 Å². The van der Waals surface area contributed by atoms with E-state index in [0.29, 0.717) is 60.6 Å². The van der Waals surface area contributed by atoms with Gasteiger partial charge < -0.3 is 60.8 Å². The highest BCUT2D eigenvalue weighted by Gasteiger charge is 2.45. The van der Waals surface area contributed by atoms with Crippen molar-refractivity contribution in [3.05, 3.63) is 93.0 Å². The number of rotatable bonds is 20. The quantitative estimate of drug-likeness (QED) is 0.0207. The van der Waals surface area contributed by atoms with Crippen molar-refractivity contribution in [3.63, 3.8) is 0 Å². The Morgan fingerprint density at radius 1 is 0.385 bits per heavy atom. The number of hydrogen-bond donors (Lipinski definition) is 6. The van der Waals surface area contributed by atoms with Crippen molar-refractivity contribution in [2.75, 3.05) is 26.4 Å². The van der Waals surface area contributed by atoms with Gasteiger partial charge in [-0.3, -0.25) is 18.7 Å². The van der Waals surface area contributed by atoms with Gasteiger partial charge in [-0.2, -0.15) is 105 Å². The van der Waals surface area contributed by atoms with E-state index in [1.807, 2.05) is 41.5 Å². The summed E-state index contributed by atoms with van der Waals surface area (Å²) in [5.74, 6) is 3.00. The Morgan fingerprint density at radius 3 is 0.729 bits per heavy atom. The average molecular weight is 1480 g/mol. The molecule has 0 radical (unpaired) electrons. The molecule has 4 aromatic rings. The van der Waals surface area contributed by atoms with Crippen LogP contribution in [0.5, 0.6) is 46.0 Å². The third-order valence-electron chi connectivity index (χ3n) is 9.67. The SMILES string of the molecule is Cc1cc(OC(F)F)cc(C)c1OCC(C)N.Cc1cc(OC(F)F)cc(C)c1OCC(C)N.Cc1ccc(OC(F)F)c(C)c1OCC(C)N.Cc1ccc(OC(F)F)c(C)c1OCC(C)N.O=CC(F)(F)F.O=CC(F)(F)F.O=S(=O)(O)C(F)(F)F.O=S(=O)(O)C(F)(F)F. The second-order valence-electron chi connectivity index (χ2n) is 19.3. The summed E-state index contributed by atoms with van der Waals surface area (Å²) in [5, 5.41) is 0. The zero-order chi connectivity index (χ0) is 76.4. The number of hydrogen-bond acceptors (Lipinski definition) is 18. The van der Waals surface area contributed by atoms with Crippen LogP contribution in [0.4, 0.5) is 87.8 Å². The summed E-state index contributed by atoms with van der Waals surface area (Å²) in [6.07, 6.45) is -11.4. The van der Waals surface area contributed by atoms with E-state index in [4.69, 9.17) is 77.4 Å². The molecule has 42 heteroatoms. The molecule has 0 aliphatic carbocycles. The molecule has 0 spiro atoms. The van der Waals surface area contributed by atoms with Crippen LogP contribution in [0.2, 0.25) is 0 Å². The number of alkyl halides is 20. The third kappa shape index (κ3) is 45.3. The van der Waals surface area contributed by atoms with Gasteiger partial charge in [-0.15, -0.1) is 0 Å². The van der Waals surface area contributed by atoms with Gasteiger partial charge in [0.1, 0.15) is 72.4 Å². The Bertz CT molecular complexity index is 2900. The lowest BCUT2D eigenvalue weighted by atomic mass is 10.1. The van der Waals surface area contributed by atoms with Crippen LogP contribution in [0.3, 0.4) is 0 Å². The molecule has 0 amide bonds. The Balaban J connectivity index is -0.000000520. The molecule has 4 unspecified atom stereocenters. The fraction of sp³-hybridized carbons (Fsp3) is 0.519. The summed E-state index contributed by atoms with van der Waals surface area (Å²) >= 11 is 0. The van der Waals surface area contributed by atoms with Gasteiger partial charge in [0.25, 0.3) is 0 Å². The Kier molecular flexibility index (Phi) is 43.6. The maximum absolute atomic E-state index is 12.2. The predicted molar refractivity (Wildman–Crippen MR) is 306 cm³/mol. The van der Waals surface area contributed by atoms with Crippen molar-refractivity contribution < 1.29 is 161 Å². The first kappa shape index (κ1) is 95.3.